The van der Waals surface area contributed by atoms with Crippen LogP contribution in [0.5, 0.6) is 5.75 Å². The molecule has 4 rings (SSSR count). The van der Waals surface area contributed by atoms with Crippen molar-refractivity contribution in [1.29, 1.82) is 0 Å². The Morgan fingerprint density at radius 1 is 1.27 bits per heavy atom. The Morgan fingerprint density at radius 2 is 2.03 bits per heavy atom. The smallest absolute Gasteiger partial charge is 0.259 e. The van der Waals surface area contributed by atoms with Gasteiger partial charge in [0, 0.05) is 30.8 Å². The fraction of sp³-hybridized carbons (Fsp3) is 0.273. The molecule has 30 heavy (non-hydrogen) atoms. The highest BCUT2D eigenvalue weighted by atomic mass is 16.5. The maximum Gasteiger partial charge on any atom is 0.259 e. The van der Waals surface area contributed by atoms with Gasteiger partial charge in [-0.05, 0) is 43.2 Å². The number of hydrogen-bond donors (Lipinski definition) is 1. The van der Waals surface area contributed by atoms with E-state index in [-0.39, 0.29) is 11.8 Å². The Kier molecular flexibility index (Phi) is 5.22. The highest BCUT2D eigenvalue weighted by Crippen LogP contribution is 2.26. The van der Waals surface area contributed by atoms with E-state index < -0.39 is 0 Å². The Labute approximate surface area is 173 Å². The molecular formula is C22H23N5O3. The lowest BCUT2D eigenvalue weighted by atomic mass is 10.0. The third-order valence-corrected chi connectivity index (χ3v) is 4.87. The highest BCUT2D eigenvalue weighted by Gasteiger charge is 2.20. The van der Waals surface area contributed by atoms with Gasteiger partial charge in [0.1, 0.15) is 18.2 Å². The zero-order valence-electron chi connectivity index (χ0n) is 17.3. The number of nitrogens with zero attached hydrogens (tertiary/aromatic N) is 4. The number of pyridine rings is 1. The number of ether oxygens (including phenoxy) is 1. The number of hydrogen-bond acceptors (Lipinski definition) is 6. The SMILES string of the molecule is Cc1noc2nc(C(C)C)cc(C(=O)Nc3ccc(OCc4nccn4C)cc3)c12. The molecule has 1 aromatic carbocycles. The summed E-state index contributed by atoms with van der Waals surface area (Å²) in [4.78, 5) is 21.7. The minimum absolute atomic E-state index is 0.154. The third-order valence-electron chi connectivity index (χ3n) is 4.87. The first-order chi connectivity index (χ1) is 14.4. The van der Waals surface area contributed by atoms with Gasteiger partial charge in [0.05, 0.1) is 16.6 Å². The number of rotatable bonds is 6. The summed E-state index contributed by atoms with van der Waals surface area (Å²) in [6, 6.07) is 9.02. The van der Waals surface area contributed by atoms with Gasteiger partial charge in [-0.25, -0.2) is 9.97 Å². The number of carbonyl (C=O) groups is 1. The molecule has 0 saturated heterocycles. The van der Waals surface area contributed by atoms with Crippen LogP contribution in [0.1, 0.15) is 47.3 Å². The van der Waals surface area contributed by atoms with Gasteiger partial charge in [0.15, 0.2) is 0 Å². The van der Waals surface area contributed by atoms with Crippen molar-refractivity contribution >= 4 is 22.7 Å². The van der Waals surface area contributed by atoms with Crippen LogP contribution in [0, 0.1) is 6.92 Å². The largest absolute Gasteiger partial charge is 0.486 e. The second kappa shape index (κ2) is 7.98. The monoisotopic (exact) mass is 405 g/mol. The second-order valence-electron chi connectivity index (χ2n) is 7.42. The van der Waals surface area contributed by atoms with Gasteiger partial charge in [-0.2, -0.15) is 0 Å². The van der Waals surface area contributed by atoms with Crippen molar-refractivity contribution in [2.45, 2.75) is 33.3 Å². The minimum atomic E-state index is -0.239. The van der Waals surface area contributed by atoms with E-state index in [1.54, 1.807) is 31.3 Å². The van der Waals surface area contributed by atoms with Crippen LogP contribution in [0.4, 0.5) is 5.69 Å². The molecule has 1 amide bonds. The summed E-state index contributed by atoms with van der Waals surface area (Å²) < 4.78 is 13.0. The Balaban J connectivity index is 1.51. The van der Waals surface area contributed by atoms with Crippen molar-refractivity contribution in [3.8, 4) is 5.75 Å². The highest BCUT2D eigenvalue weighted by molar-refractivity contribution is 6.12. The molecule has 0 aliphatic carbocycles. The van der Waals surface area contributed by atoms with Crippen LogP contribution in [0.3, 0.4) is 0 Å². The van der Waals surface area contributed by atoms with E-state index >= 15 is 0 Å². The lowest BCUT2D eigenvalue weighted by molar-refractivity contribution is 0.102. The van der Waals surface area contributed by atoms with Gasteiger partial charge >= 0.3 is 0 Å². The van der Waals surface area contributed by atoms with Crippen molar-refractivity contribution < 1.29 is 14.1 Å². The van der Waals surface area contributed by atoms with Crippen LogP contribution < -0.4 is 10.1 Å². The predicted molar refractivity (Wildman–Crippen MR) is 113 cm³/mol. The van der Waals surface area contributed by atoms with E-state index in [4.69, 9.17) is 9.26 Å². The van der Waals surface area contributed by atoms with E-state index in [0.717, 1.165) is 11.5 Å². The number of imidazole rings is 1. The topological polar surface area (TPSA) is 95.1 Å². The molecular weight excluding hydrogens is 382 g/mol. The number of aromatic nitrogens is 4. The lowest BCUT2D eigenvalue weighted by Crippen LogP contribution is -2.13. The maximum absolute atomic E-state index is 13.0. The molecule has 0 spiro atoms. The molecule has 3 heterocycles. The van der Waals surface area contributed by atoms with Crippen LogP contribution >= 0.6 is 0 Å². The number of benzene rings is 1. The summed E-state index contributed by atoms with van der Waals surface area (Å²) in [5.74, 6) is 1.44. The average Bonchev–Trinajstić information content (AvgIpc) is 3.32. The van der Waals surface area contributed by atoms with Gasteiger partial charge in [0.25, 0.3) is 11.6 Å². The number of aryl methyl sites for hydroxylation is 2. The van der Waals surface area contributed by atoms with Crippen LogP contribution in [0.2, 0.25) is 0 Å². The molecule has 8 nitrogen and oxygen atoms in total. The summed E-state index contributed by atoms with van der Waals surface area (Å²) in [7, 11) is 1.92. The summed E-state index contributed by atoms with van der Waals surface area (Å²) in [5, 5.41) is 7.53. The number of anilines is 1. The first-order valence-electron chi connectivity index (χ1n) is 9.69. The summed E-state index contributed by atoms with van der Waals surface area (Å²) >= 11 is 0. The van der Waals surface area contributed by atoms with Gasteiger partial charge in [-0.3, -0.25) is 4.79 Å². The van der Waals surface area contributed by atoms with Crippen LogP contribution in [-0.4, -0.2) is 25.6 Å². The number of nitrogens with one attached hydrogen (secondary N) is 1. The fourth-order valence-corrected chi connectivity index (χ4v) is 3.10. The molecule has 0 aliphatic heterocycles. The Bertz CT molecular complexity index is 1190. The molecule has 0 saturated carbocycles. The van der Waals surface area contributed by atoms with Crippen molar-refractivity contribution in [3.05, 3.63) is 65.5 Å². The summed E-state index contributed by atoms with van der Waals surface area (Å²) in [6.45, 7) is 6.20. The molecule has 0 aliphatic rings. The van der Waals surface area contributed by atoms with E-state index in [9.17, 15) is 4.79 Å². The van der Waals surface area contributed by atoms with Crippen LogP contribution in [0.25, 0.3) is 11.1 Å². The Hall–Kier alpha value is -3.68. The number of amides is 1. The molecule has 1 N–H and O–H groups in total. The van der Waals surface area contributed by atoms with Crippen molar-refractivity contribution in [1.82, 2.24) is 19.7 Å². The molecule has 0 radical (unpaired) electrons. The summed E-state index contributed by atoms with van der Waals surface area (Å²) in [5.41, 5.74) is 2.95. The lowest BCUT2D eigenvalue weighted by Gasteiger charge is -2.11. The fourth-order valence-electron chi connectivity index (χ4n) is 3.10. The Morgan fingerprint density at radius 3 is 2.70 bits per heavy atom. The zero-order valence-corrected chi connectivity index (χ0v) is 17.3. The average molecular weight is 405 g/mol. The third kappa shape index (κ3) is 3.89. The van der Waals surface area contributed by atoms with Crippen molar-refractivity contribution in [3.63, 3.8) is 0 Å². The predicted octanol–water partition coefficient (Wildman–Crippen LogP) is 4.22. The van der Waals surface area contributed by atoms with E-state index in [1.807, 2.05) is 43.8 Å². The number of fused-ring (bicyclic) bond motifs is 1. The van der Waals surface area contributed by atoms with Gasteiger partial charge in [-0.15, -0.1) is 0 Å². The van der Waals surface area contributed by atoms with Crippen LogP contribution in [-0.2, 0) is 13.7 Å². The standard InChI is InChI=1S/C22H23N5O3/c1-13(2)18-11-17(20-14(3)26-30-22(20)25-18)21(28)24-15-5-7-16(8-6-15)29-12-19-23-9-10-27(19)4/h5-11,13H,12H2,1-4H3,(H,24,28). The van der Waals surface area contributed by atoms with E-state index in [2.05, 4.69) is 20.4 Å². The van der Waals surface area contributed by atoms with Crippen LogP contribution in [0.15, 0.2) is 47.2 Å². The first-order valence-corrected chi connectivity index (χ1v) is 9.69. The molecule has 0 bridgehead atoms. The minimum Gasteiger partial charge on any atom is -0.486 e. The van der Waals surface area contributed by atoms with Gasteiger partial charge < -0.3 is 19.1 Å². The quantitative estimate of drug-likeness (QED) is 0.516. The molecule has 154 valence electrons. The summed E-state index contributed by atoms with van der Waals surface area (Å²) in [6.07, 6.45) is 3.60. The molecule has 0 fully saturated rings. The normalized spacial score (nSPS) is 11.2. The molecule has 8 heteroatoms. The molecule has 4 aromatic rings. The van der Waals surface area contributed by atoms with Gasteiger partial charge in [0.2, 0.25) is 0 Å². The molecule has 0 unspecified atom stereocenters. The van der Waals surface area contributed by atoms with Crippen molar-refractivity contribution in [2.24, 2.45) is 7.05 Å². The first kappa shape index (κ1) is 19.6. The number of carbonyl (C=O) groups excluding carboxylic acids is 1. The van der Waals surface area contributed by atoms with Gasteiger partial charge in [-0.1, -0.05) is 19.0 Å². The molecule has 3 aromatic heterocycles. The van der Waals surface area contributed by atoms with E-state index in [0.29, 0.717) is 40.4 Å². The zero-order chi connectivity index (χ0) is 21.3. The van der Waals surface area contributed by atoms with E-state index in [1.165, 1.54) is 0 Å². The van der Waals surface area contributed by atoms with Crippen molar-refractivity contribution in [2.75, 3.05) is 5.32 Å². The maximum atomic E-state index is 13.0. The second-order valence-corrected chi connectivity index (χ2v) is 7.42. The molecule has 0 atom stereocenters.